The number of rotatable bonds is 6. The normalized spacial score (nSPS) is 15.6. The maximum absolute atomic E-state index is 10.8. The summed E-state index contributed by atoms with van der Waals surface area (Å²) in [5.41, 5.74) is 3.31. The molecule has 108 valence electrons. The number of nitrogens with zero attached hydrogens (tertiary/aromatic N) is 1. The monoisotopic (exact) mass is 282 g/mol. The lowest BCUT2D eigenvalue weighted by Crippen LogP contribution is -2.33. The standard InChI is InChI=1S/C17H18N2O2/c20-16(21)11-17(7-8-17)19-12-13-1-3-14(4-2-13)15-5-9-18-10-6-15/h1-6,9-10,19H,7-8,11-12H2,(H,20,21). The summed E-state index contributed by atoms with van der Waals surface area (Å²) < 4.78 is 0. The molecule has 0 bridgehead atoms. The van der Waals surface area contributed by atoms with E-state index in [1.165, 1.54) is 5.56 Å². The molecule has 1 heterocycles. The van der Waals surface area contributed by atoms with Gasteiger partial charge in [0.1, 0.15) is 0 Å². The van der Waals surface area contributed by atoms with Gasteiger partial charge in [0.25, 0.3) is 0 Å². The highest BCUT2D eigenvalue weighted by Crippen LogP contribution is 2.38. The minimum Gasteiger partial charge on any atom is -0.481 e. The summed E-state index contributed by atoms with van der Waals surface area (Å²) in [5, 5.41) is 12.3. The maximum Gasteiger partial charge on any atom is 0.305 e. The number of carboxylic acid groups (broad SMARTS) is 1. The van der Waals surface area contributed by atoms with Gasteiger partial charge in [0, 0.05) is 24.5 Å². The molecule has 1 aliphatic rings. The lowest BCUT2D eigenvalue weighted by atomic mass is 10.0. The Balaban J connectivity index is 1.62. The summed E-state index contributed by atoms with van der Waals surface area (Å²) in [6.45, 7) is 0.712. The predicted octanol–water partition coefficient (Wildman–Crippen LogP) is 2.85. The van der Waals surface area contributed by atoms with Gasteiger partial charge >= 0.3 is 5.97 Å². The van der Waals surface area contributed by atoms with Gasteiger partial charge in [-0.1, -0.05) is 24.3 Å². The Bertz CT molecular complexity index is 619. The van der Waals surface area contributed by atoms with Crippen LogP contribution in [-0.4, -0.2) is 21.6 Å². The molecule has 1 aliphatic carbocycles. The van der Waals surface area contributed by atoms with Crippen LogP contribution in [0.5, 0.6) is 0 Å². The molecule has 1 fully saturated rings. The smallest absolute Gasteiger partial charge is 0.305 e. The Morgan fingerprint density at radius 1 is 1.10 bits per heavy atom. The van der Waals surface area contributed by atoms with E-state index in [2.05, 4.69) is 34.6 Å². The van der Waals surface area contributed by atoms with Crippen molar-refractivity contribution in [3.63, 3.8) is 0 Å². The molecular formula is C17H18N2O2. The molecule has 1 saturated carbocycles. The van der Waals surface area contributed by atoms with E-state index in [9.17, 15) is 4.79 Å². The van der Waals surface area contributed by atoms with Crippen molar-refractivity contribution in [3.05, 3.63) is 54.4 Å². The second-order valence-corrected chi connectivity index (χ2v) is 5.64. The topological polar surface area (TPSA) is 62.2 Å². The van der Waals surface area contributed by atoms with Crippen LogP contribution < -0.4 is 5.32 Å². The van der Waals surface area contributed by atoms with Gasteiger partial charge in [-0.3, -0.25) is 9.78 Å². The molecule has 0 aliphatic heterocycles. The molecule has 21 heavy (non-hydrogen) atoms. The van der Waals surface area contributed by atoms with E-state index in [0.717, 1.165) is 24.0 Å². The Kier molecular flexibility index (Phi) is 3.71. The summed E-state index contributed by atoms with van der Waals surface area (Å²) in [7, 11) is 0. The SMILES string of the molecule is O=C(O)CC1(NCc2ccc(-c3ccncc3)cc2)CC1. The fourth-order valence-corrected chi connectivity index (χ4v) is 2.51. The molecule has 0 saturated heterocycles. The summed E-state index contributed by atoms with van der Waals surface area (Å²) in [4.78, 5) is 14.8. The van der Waals surface area contributed by atoms with Crippen molar-refractivity contribution >= 4 is 5.97 Å². The van der Waals surface area contributed by atoms with Crippen molar-refractivity contribution < 1.29 is 9.90 Å². The van der Waals surface area contributed by atoms with E-state index in [4.69, 9.17) is 5.11 Å². The van der Waals surface area contributed by atoms with Crippen LogP contribution in [0.15, 0.2) is 48.8 Å². The summed E-state index contributed by atoms with van der Waals surface area (Å²) in [6.07, 6.45) is 5.69. The molecule has 3 rings (SSSR count). The number of hydrogen-bond donors (Lipinski definition) is 2. The minimum absolute atomic E-state index is 0.171. The number of aromatic nitrogens is 1. The van der Waals surface area contributed by atoms with Crippen molar-refractivity contribution in [1.29, 1.82) is 0 Å². The van der Waals surface area contributed by atoms with Crippen molar-refractivity contribution in [1.82, 2.24) is 10.3 Å². The van der Waals surface area contributed by atoms with Crippen molar-refractivity contribution in [2.75, 3.05) is 0 Å². The molecule has 0 spiro atoms. The lowest BCUT2D eigenvalue weighted by molar-refractivity contribution is -0.137. The molecule has 0 atom stereocenters. The van der Waals surface area contributed by atoms with Crippen LogP contribution in [0.4, 0.5) is 0 Å². The van der Waals surface area contributed by atoms with Crippen molar-refractivity contribution in [2.45, 2.75) is 31.3 Å². The van der Waals surface area contributed by atoms with E-state index in [1.807, 2.05) is 12.1 Å². The van der Waals surface area contributed by atoms with Gasteiger partial charge in [-0.25, -0.2) is 0 Å². The first kappa shape index (κ1) is 13.8. The molecule has 2 aromatic rings. The second kappa shape index (κ2) is 5.66. The van der Waals surface area contributed by atoms with Crippen LogP contribution in [0.3, 0.4) is 0 Å². The van der Waals surface area contributed by atoms with Gasteiger partial charge < -0.3 is 10.4 Å². The minimum atomic E-state index is -0.729. The first-order valence-corrected chi connectivity index (χ1v) is 7.13. The predicted molar refractivity (Wildman–Crippen MR) is 80.7 cm³/mol. The summed E-state index contributed by atoms with van der Waals surface area (Å²) >= 11 is 0. The van der Waals surface area contributed by atoms with E-state index in [0.29, 0.717) is 6.54 Å². The van der Waals surface area contributed by atoms with E-state index < -0.39 is 5.97 Å². The Hall–Kier alpha value is -2.20. The van der Waals surface area contributed by atoms with Gasteiger partial charge in [-0.15, -0.1) is 0 Å². The average molecular weight is 282 g/mol. The van der Waals surface area contributed by atoms with Gasteiger partial charge in [-0.05, 0) is 41.7 Å². The van der Waals surface area contributed by atoms with Gasteiger partial charge in [-0.2, -0.15) is 0 Å². The fraction of sp³-hybridized carbons (Fsp3) is 0.294. The first-order valence-electron chi connectivity index (χ1n) is 7.13. The Morgan fingerprint density at radius 3 is 2.29 bits per heavy atom. The third-order valence-electron chi connectivity index (χ3n) is 3.98. The van der Waals surface area contributed by atoms with Crippen molar-refractivity contribution in [2.24, 2.45) is 0 Å². The Labute approximate surface area is 123 Å². The summed E-state index contributed by atoms with van der Waals surface area (Å²) in [6, 6.07) is 12.3. The number of aliphatic carboxylic acids is 1. The maximum atomic E-state index is 10.8. The third-order valence-corrected chi connectivity index (χ3v) is 3.98. The van der Waals surface area contributed by atoms with Crippen LogP contribution >= 0.6 is 0 Å². The largest absolute Gasteiger partial charge is 0.481 e. The molecule has 1 aromatic heterocycles. The second-order valence-electron chi connectivity index (χ2n) is 5.64. The number of carbonyl (C=O) groups is 1. The van der Waals surface area contributed by atoms with Gasteiger partial charge in [0.2, 0.25) is 0 Å². The molecule has 4 nitrogen and oxygen atoms in total. The zero-order chi connectivity index (χ0) is 14.7. The highest BCUT2D eigenvalue weighted by Gasteiger charge is 2.43. The molecule has 0 amide bonds. The number of hydrogen-bond acceptors (Lipinski definition) is 3. The van der Waals surface area contributed by atoms with E-state index in [-0.39, 0.29) is 12.0 Å². The van der Waals surface area contributed by atoms with Crippen LogP contribution in [0.25, 0.3) is 11.1 Å². The molecule has 2 N–H and O–H groups in total. The first-order chi connectivity index (χ1) is 10.2. The Morgan fingerprint density at radius 2 is 1.71 bits per heavy atom. The molecule has 0 radical (unpaired) electrons. The zero-order valence-corrected chi connectivity index (χ0v) is 11.7. The lowest BCUT2D eigenvalue weighted by Gasteiger charge is -2.15. The van der Waals surface area contributed by atoms with Crippen LogP contribution in [0, 0.1) is 0 Å². The van der Waals surface area contributed by atoms with Gasteiger partial charge in [0.15, 0.2) is 0 Å². The van der Waals surface area contributed by atoms with Crippen LogP contribution in [0.2, 0.25) is 0 Å². The number of pyridine rings is 1. The highest BCUT2D eigenvalue weighted by molar-refractivity contribution is 5.69. The fourth-order valence-electron chi connectivity index (χ4n) is 2.51. The summed E-state index contributed by atoms with van der Waals surface area (Å²) in [5.74, 6) is -0.729. The van der Waals surface area contributed by atoms with Crippen LogP contribution in [-0.2, 0) is 11.3 Å². The van der Waals surface area contributed by atoms with Crippen molar-refractivity contribution in [3.8, 4) is 11.1 Å². The molecule has 0 unspecified atom stereocenters. The van der Waals surface area contributed by atoms with E-state index >= 15 is 0 Å². The number of benzene rings is 1. The van der Waals surface area contributed by atoms with Gasteiger partial charge in [0.05, 0.1) is 6.42 Å². The quantitative estimate of drug-likeness (QED) is 0.855. The highest BCUT2D eigenvalue weighted by atomic mass is 16.4. The zero-order valence-electron chi connectivity index (χ0n) is 11.7. The number of nitrogens with one attached hydrogen (secondary N) is 1. The van der Waals surface area contributed by atoms with E-state index in [1.54, 1.807) is 12.4 Å². The molecule has 1 aromatic carbocycles. The molecular weight excluding hydrogens is 264 g/mol. The molecule has 4 heteroatoms. The van der Waals surface area contributed by atoms with Crippen LogP contribution in [0.1, 0.15) is 24.8 Å². The average Bonchev–Trinajstić information content (AvgIpc) is 3.26. The number of carboxylic acids is 1. The third kappa shape index (κ3) is 3.47.